The minimum absolute atomic E-state index is 0.0439. The molecule has 0 aliphatic heterocycles. The third-order valence-corrected chi connectivity index (χ3v) is 3.16. The van der Waals surface area contributed by atoms with Crippen molar-refractivity contribution in [3.05, 3.63) is 35.9 Å². The summed E-state index contributed by atoms with van der Waals surface area (Å²) >= 11 is 0. The predicted molar refractivity (Wildman–Crippen MR) is 75.4 cm³/mol. The molecule has 1 rings (SSSR count). The summed E-state index contributed by atoms with van der Waals surface area (Å²) in [7, 11) is 1.64. The SMILES string of the molecule is CCC(C(=O)c1ccccc1)N(CCO)CCOC. The van der Waals surface area contributed by atoms with Gasteiger partial charge in [0.2, 0.25) is 0 Å². The van der Waals surface area contributed by atoms with Crippen LogP contribution in [0.25, 0.3) is 0 Å². The van der Waals surface area contributed by atoms with Gasteiger partial charge in [0.05, 0.1) is 19.3 Å². The second kappa shape index (κ2) is 8.80. The van der Waals surface area contributed by atoms with Gasteiger partial charge in [0.15, 0.2) is 5.78 Å². The molecule has 0 aliphatic carbocycles. The van der Waals surface area contributed by atoms with E-state index in [2.05, 4.69) is 0 Å². The highest BCUT2D eigenvalue weighted by Crippen LogP contribution is 2.12. The Kier molecular flexibility index (Phi) is 7.33. The first-order valence-corrected chi connectivity index (χ1v) is 6.67. The minimum atomic E-state index is -0.204. The van der Waals surface area contributed by atoms with Crippen molar-refractivity contribution in [2.45, 2.75) is 19.4 Å². The number of methoxy groups -OCH3 is 1. The van der Waals surface area contributed by atoms with Gasteiger partial charge in [-0.15, -0.1) is 0 Å². The molecule has 19 heavy (non-hydrogen) atoms. The molecule has 0 aliphatic rings. The Morgan fingerprint density at radius 3 is 2.53 bits per heavy atom. The van der Waals surface area contributed by atoms with Crippen molar-refractivity contribution >= 4 is 5.78 Å². The van der Waals surface area contributed by atoms with Gasteiger partial charge < -0.3 is 9.84 Å². The molecule has 0 saturated heterocycles. The summed E-state index contributed by atoms with van der Waals surface area (Å²) in [6.07, 6.45) is 0.720. The van der Waals surface area contributed by atoms with Gasteiger partial charge in [0, 0.05) is 25.8 Å². The smallest absolute Gasteiger partial charge is 0.179 e. The number of aliphatic hydroxyl groups excluding tert-OH is 1. The molecular formula is C15H23NO3. The van der Waals surface area contributed by atoms with Gasteiger partial charge >= 0.3 is 0 Å². The van der Waals surface area contributed by atoms with Crippen molar-refractivity contribution in [3.63, 3.8) is 0 Å². The minimum Gasteiger partial charge on any atom is -0.395 e. The molecule has 106 valence electrons. The van der Waals surface area contributed by atoms with Crippen molar-refractivity contribution < 1.29 is 14.6 Å². The molecule has 0 spiro atoms. The summed E-state index contributed by atoms with van der Waals surface area (Å²) in [6.45, 7) is 3.72. The molecule has 0 aromatic heterocycles. The van der Waals surface area contributed by atoms with Gasteiger partial charge in [0.1, 0.15) is 0 Å². The maximum absolute atomic E-state index is 12.5. The average molecular weight is 265 g/mol. The van der Waals surface area contributed by atoms with E-state index in [9.17, 15) is 4.79 Å². The van der Waals surface area contributed by atoms with E-state index in [0.717, 1.165) is 12.0 Å². The Bertz CT molecular complexity index is 367. The van der Waals surface area contributed by atoms with Crippen LogP contribution in [-0.4, -0.2) is 55.2 Å². The Labute approximate surface area is 115 Å². The van der Waals surface area contributed by atoms with Crippen LogP contribution >= 0.6 is 0 Å². The van der Waals surface area contributed by atoms with Crippen molar-refractivity contribution in [3.8, 4) is 0 Å². The fourth-order valence-corrected chi connectivity index (χ4v) is 2.16. The molecule has 4 heteroatoms. The lowest BCUT2D eigenvalue weighted by molar-refractivity contribution is 0.0691. The number of rotatable bonds is 9. The van der Waals surface area contributed by atoms with Crippen molar-refractivity contribution in [2.75, 3.05) is 33.4 Å². The van der Waals surface area contributed by atoms with Crippen LogP contribution in [0.3, 0.4) is 0 Å². The van der Waals surface area contributed by atoms with E-state index in [1.165, 1.54) is 0 Å². The van der Waals surface area contributed by atoms with Crippen molar-refractivity contribution in [2.24, 2.45) is 0 Å². The normalized spacial score (nSPS) is 12.6. The molecule has 1 atom stereocenters. The largest absolute Gasteiger partial charge is 0.395 e. The summed E-state index contributed by atoms with van der Waals surface area (Å²) in [5.41, 5.74) is 0.717. The van der Waals surface area contributed by atoms with Gasteiger partial charge in [-0.25, -0.2) is 0 Å². The van der Waals surface area contributed by atoms with Crippen LogP contribution in [0, 0.1) is 0 Å². The number of ketones is 1. The fraction of sp³-hybridized carbons (Fsp3) is 0.533. The molecule has 4 nitrogen and oxygen atoms in total. The fourth-order valence-electron chi connectivity index (χ4n) is 2.16. The van der Waals surface area contributed by atoms with Gasteiger partial charge in [-0.05, 0) is 6.42 Å². The Morgan fingerprint density at radius 1 is 1.32 bits per heavy atom. The Balaban J connectivity index is 2.80. The van der Waals surface area contributed by atoms with E-state index in [1.54, 1.807) is 7.11 Å². The molecular weight excluding hydrogens is 242 g/mol. The molecule has 0 saturated carbocycles. The van der Waals surface area contributed by atoms with Crippen LogP contribution in [0.2, 0.25) is 0 Å². The second-order valence-corrected chi connectivity index (χ2v) is 4.41. The third-order valence-electron chi connectivity index (χ3n) is 3.16. The molecule has 0 amide bonds. The summed E-state index contributed by atoms with van der Waals surface area (Å²) in [5.74, 6) is 0.104. The lowest BCUT2D eigenvalue weighted by Gasteiger charge is -2.29. The quantitative estimate of drug-likeness (QED) is 0.689. The van der Waals surface area contributed by atoms with Crippen LogP contribution in [0.5, 0.6) is 0 Å². The molecule has 1 aromatic rings. The number of Topliss-reactive ketones (excluding diaryl/α,β-unsaturated/α-hetero) is 1. The maximum Gasteiger partial charge on any atom is 0.179 e. The zero-order valence-corrected chi connectivity index (χ0v) is 11.7. The van der Waals surface area contributed by atoms with E-state index >= 15 is 0 Å². The first-order chi connectivity index (χ1) is 9.24. The van der Waals surface area contributed by atoms with E-state index in [0.29, 0.717) is 19.7 Å². The van der Waals surface area contributed by atoms with Crippen molar-refractivity contribution in [1.29, 1.82) is 0 Å². The highest BCUT2D eigenvalue weighted by molar-refractivity contribution is 6.00. The molecule has 0 fully saturated rings. The summed E-state index contributed by atoms with van der Waals surface area (Å²) < 4.78 is 5.06. The monoisotopic (exact) mass is 265 g/mol. The van der Waals surface area contributed by atoms with Crippen LogP contribution in [0.4, 0.5) is 0 Å². The number of carbonyl (C=O) groups excluding carboxylic acids is 1. The van der Waals surface area contributed by atoms with Crippen molar-refractivity contribution in [1.82, 2.24) is 4.90 Å². The highest BCUT2D eigenvalue weighted by Gasteiger charge is 2.24. The summed E-state index contributed by atoms with van der Waals surface area (Å²) in [6, 6.07) is 9.09. The number of nitrogens with zero attached hydrogens (tertiary/aromatic N) is 1. The second-order valence-electron chi connectivity index (χ2n) is 4.41. The number of carbonyl (C=O) groups is 1. The molecule has 0 radical (unpaired) electrons. The summed E-state index contributed by atoms with van der Waals surface area (Å²) in [5, 5.41) is 9.14. The number of hydrogen-bond donors (Lipinski definition) is 1. The van der Waals surface area contributed by atoms with Crippen LogP contribution < -0.4 is 0 Å². The van der Waals surface area contributed by atoms with E-state index in [1.807, 2.05) is 42.2 Å². The van der Waals surface area contributed by atoms with Crippen LogP contribution in [-0.2, 0) is 4.74 Å². The van der Waals surface area contributed by atoms with Crippen LogP contribution in [0.15, 0.2) is 30.3 Å². The zero-order chi connectivity index (χ0) is 14.1. The van der Waals surface area contributed by atoms with Gasteiger partial charge in [-0.2, -0.15) is 0 Å². The Hall–Kier alpha value is -1.23. The van der Waals surface area contributed by atoms with Gasteiger partial charge in [0.25, 0.3) is 0 Å². The molecule has 1 N–H and O–H groups in total. The van der Waals surface area contributed by atoms with Crippen LogP contribution in [0.1, 0.15) is 23.7 Å². The topological polar surface area (TPSA) is 49.8 Å². The number of ether oxygens (including phenoxy) is 1. The average Bonchev–Trinajstić information content (AvgIpc) is 2.46. The summed E-state index contributed by atoms with van der Waals surface area (Å²) in [4.78, 5) is 14.5. The lowest BCUT2D eigenvalue weighted by atomic mass is 10.0. The van der Waals surface area contributed by atoms with E-state index < -0.39 is 0 Å². The molecule has 0 bridgehead atoms. The first kappa shape index (κ1) is 15.8. The lowest BCUT2D eigenvalue weighted by Crippen LogP contribution is -2.44. The first-order valence-electron chi connectivity index (χ1n) is 6.67. The number of aliphatic hydroxyl groups is 1. The zero-order valence-electron chi connectivity index (χ0n) is 11.7. The number of hydrogen-bond acceptors (Lipinski definition) is 4. The Morgan fingerprint density at radius 2 is 2.00 bits per heavy atom. The van der Waals surface area contributed by atoms with E-state index in [4.69, 9.17) is 9.84 Å². The highest BCUT2D eigenvalue weighted by atomic mass is 16.5. The van der Waals surface area contributed by atoms with E-state index in [-0.39, 0.29) is 18.4 Å². The molecule has 1 unspecified atom stereocenters. The molecule has 0 heterocycles. The third kappa shape index (κ3) is 4.74. The number of benzene rings is 1. The van der Waals surface area contributed by atoms with Gasteiger partial charge in [-0.1, -0.05) is 37.3 Å². The standard InChI is InChI=1S/C15H23NO3/c1-3-14(16(9-11-17)10-12-19-2)15(18)13-7-5-4-6-8-13/h4-8,14,17H,3,9-12H2,1-2H3. The van der Waals surface area contributed by atoms with Gasteiger partial charge in [-0.3, -0.25) is 9.69 Å². The maximum atomic E-state index is 12.5. The predicted octanol–water partition coefficient (Wildman–Crippen LogP) is 1.59. The molecule has 1 aromatic carbocycles.